The zero-order chi connectivity index (χ0) is 19.2. The first kappa shape index (κ1) is 18.9. The van der Waals surface area contributed by atoms with Crippen LogP contribution < -0.4 is 20.3 Å². The molecular formula is C20H25N3O4. The fourth-order valence-electron chi connectivity index (χ4n) is 3.42. The summed E-state index contributed by atoms with van der Waals surface area (Å²) in [5.41, 5.74) is 1.28. The van der Waals surface area contributed by atoms with E-state index in [0.29, 0.717) is 36.1 Å². The smallest absolute Gasteiger partial charge is 0.253 e. The molecule has 1 heterocycles. The number of carbonyl (C=O) groups excluding carboxylic acids is 1. The SMILES string of the molecule is COc1ccc(C(=O)NCCn2cnc(C3CCCC3)cc2=O)cc1OC. The fraction of sp³-hybridized carbons (Fsp3) is 0.450. The second-order valence-electron chi connectivity index (χ2n) is 6.65. The Hall–Kier alpha value is -2.83. The molecule has 0 spiro atoms. The molecular weight excluding hydrogens is 346 g/mol. The van der Waals surface area contributed by atoms with Crippen molar-refractivity contribution in [3.63, 3.8) is 0 Å². The zero-order valence-electron chi connectivity index (χ0n) is 15.7. The van der Waals surface area contributed by atoms with Gasteiger partial charge in [0.05, 0.1) is 26.2 Å². The molecule has 0 bridgehead atoms. The molecule has 0 saturated heterocycles. The first-order valence-electron chi connectivity index (χ1n) is 9.19. The van der Waals surface area contributed by atoms with Crippen LogP contribution in [0, 0.1) is 0 Å². The third-order valence-electron chi connectivity index (χ3n) is 4.96. The van der Waals surface area contributed by atoms with Crippen LogP contribution in [0.25, 0.3) is 0 Å². The summed E-state index contributed by atoms with van der Waals surface area (Å²) in [6, 6.07) is 6.61. The largest absolute Gasteiger partial charge is 0.493 e. The van der Waals surface area contributed by atoms with Gasteiger partial charge in [-0.15, -0.1) is 0 Å². The van der Waals surface area contributed by atoms with E-state index >= 15 is 0 Å². The average Bonchev–Trinajstić information content (AvgIpc) is 3.23. The Bertz CT molecular complexity index is 857. The Kier molecular flexibility index (Phi) is 6.11. The second kappa shape index (κ2) is 8.70. The lowest BCUT2D eigenvalue weighted by molar-refractivity contribution is 0.0951. The lowest BCUT2D eigenvalue weighted by atomic mass is 10.0. The Balaban J connectivity index is 1.58. The number of carbonyl (C=O) groups is 1. The van der Waals surface area contributed by atoms with Crippen LogP contribution in [0.2, 0.25) is 0 Å². The maximum absolute atomic E-state index is 12.3. The highest BCUT2D eigenvalue weighted by atomic mass is 16.5. The molecule has 0 atom stereocenters. The van der Waals surface area contributed by atoms with E-state index in [2.05, 4.69) is 10.3 Å². The van der Waals surface area contributed by atoms with E-state index in [4.69, 9.17) is 9.47 Å². The molecule has 1 fully saturated rings. The van der Waals surface area contributed by atoms with Gasteiger partial charge in [0.1, 0.15) is 0 Å². The van der Waals surface area contributed by atoms with Crippen molar-refractivity contribution in [2.24, 2.45) is 0 Å². The predicted molar refractivity (Wildman–Crippen MR) is 102 cm³/mol. The second-order valence-corrected chi connectivity index (χ2v) is 6.65. The number of nitrogens with zero attached hydrogens (tertiary/aromatic N) is 2. The summed E-state index contributed by atoms with van der Waals surface area (Å²) in [4.78, 5) is 29.0. The Morgan fingerprint density at radius 3 is 2.59 bits per heavy atom. The summed E-state index contributed by atoms with van der Waals surface area (Å²) < 4.78 is 11.9. The third kappa shape index (κ3) is 4.48. The van der Waals surface area contributed by atoms with Crippen LogP contribution in [0.5, 0.6) is 11.5 Å². The van der Waals surface area contributed by atoms with E-state index < -0.39 is 0 Å². The van der Waals surface area contributed by atoms with Crippen LogP contribution in [0.15, 0.2) is 35.4 Å². The van der Waals surface area contributed by atoms with Gasteiger partial charge in [-0.25, -0.2) is 4.98 Å². The minimum Gasteiger partial charge on any atom is -0.493 e. The summed E-state index contributed by atoms with van der Waals surface area (Å²) in [7, 11) is 3.07. The number of methoxy groups -OCH3 is 2. The summed E-state index contributed by atoms with van der Waals surface area (Å²) in [5.74, 6) is 1.23. The summed E-state index contributed by atoms with van der Waals surface area (Å²) >= 11 is 0. The fourth-order valence-corrected chi connectivity index (χ4v) is 3.42. The number of aromatic nitrogens is 2. The van der Waals surface area contributed by atoms with Crippen molar-refractivity contribution >= 4 is 5.91 Å². The van der Waals surface area contributed by atoms with Crippen molar-refractivity contribution < 1.29 is 14.3 Å². The highest BCUT2D eigenvalue weighted by Crippen LogP contribution is 2.32. The molecule has 144 valence electrons. The van der Waals surface area contributed by atoms with E-state index in [1.165, 1.54) is 24.5 Å². The quantitative estimate of drug-likeness (QED) is 0.808. The Labute approximate surface area is 158 Å². The van der Waals surface area contributed by atoms with Gasteiger partial charge in [-0.05, 0) is 31.0 Å². The van der Waals surface area contributed by atoms with E-state index in [1.54, 1.807) is 37.7 Å². The number of nitrogens with one attached hydrogen (secondary N) is 1. The van der Waals surface area contributed by atoms with Gasteiger partial charge >= 0.3 is 0 Å². The van der Waals surface area contributed by atoms with Crippen molar-refractivity contribution in [3.05, 3.63) is 52.2 Å². The van der Waals surface area contributed by atoms with Crippen LogP contribution in [-0.2, 0) is 6.54 Å². The third-order valence-corrected chi connectivity index (χ3v) is 4.96. The first-order valence-corrected chi connectivity index (χ1v) is 9.19. The molecule has 1 aliphatic rings. The van der Waals surface area contributed by atoms with Crippen LogP contribution in [0.1, 0.15) is 47.7 Å². The molecule has 0 aliphatic heterocycles. The van der Waals surface area contributed by atoms with Crippen molar-refractivity contribution in [1.82, 2.24) is 14.9 Å². The Morgan fingerprint density at radius 1 is 1.19 bits per heavy atom. The topological polar surface area (TPSA) is 82.5 Å². The lowest BCUT2D eigenvalue weighted by Gasteiger charge is -2.12. The molecule has 7 heteroatoms. The standard InChI is InChI=1S/C20H25N3O4/c1-26-17-8-7-15(11-18(17)27-2)20(25)21-9-10-23-13-22-16(12-19(23)24)14-5-3-4-6-14/h7-8,11-14H,3-6,9-10H2,1-2H3,(H,21,25). The van der Waals surface area contributed by atoms with Gasteiger partial charge in [-0.2, -0.15) is 0 Å². The van der Waals surface area contributed by atoms with E-state index in [-0.39, 0.29) is 11.5 Å². The number of ether oxygens (including phenoxy) is 2. The van der Waals surface area contributed by atoms with Gasteiger partial charge in [0.2, 0.25) is 0 Å². The van der Waals surface area contributed by atoms with Gasteiger partial charge in [-0.3, -0.25) is 14.2 Å². The van der Waals surface area contributed by atoms with Crippen LogP contribution >= 0.6 is 0 Å². The number of hydrogen-bond donors (Lipinski definition) is 1. The van der Waals surface area contributed by atoms with Crippen molar-refractivity contribution in [1.29, 1.82) is 0 Å². The molecule has 7 nitrogen and oxygen atoms in total. The van der Waals surface area contributed by atoms with Crippen LogP contribution in [-0.4, -0.2) is 36.2 Å². The molecule has 2 aromatic rings. The molecule has 1 amide bonds. The molecule has 1 N–H and O–H groups in total. The zero-order valence-corrected chi connectivity index (χ0v) is 15.7. The summed E-state index contributed by atoms with van der Waals surface area (Å²) in [5, 5.41) is 2.81. The monoisotopic (exact) mass is 371 g/mol. The van der Waals surface area contributed by atoms with Crippen molar-refractivity contribution in [3.8, 4) is 11.5 Å². The summed E-state index contributed by atoms with van der Waals surface area (Å²) in [6.07, 6.45) is 6.21. The van der Waals surface area contributed by atoms with Gasteiger partial charge in [-0.1, -0.05) is 12.8 Å². The average molecular weight is 371 g/mol. The van der Waals surface area contributed by atoms with Crippen molar-refractivity contribution in [2.75, 3.05) is 20.8 Å². The van der Waals surface area contributed by atoms with Gasteiger partial charge in [0, 0.05) is 30.6 Å². The molecule has 1 saturated carbocycles. The maximum atomic E-state index is 12.3. The minimum atomic E-state index is -0.237. The molecule has 3 rings (SSSR count). The van der Waals surface area contributed by atoms with Crippen molar-refractivity contribution in [2.45, 2.75) is 38.1 Å². The molecule has 1 aliphatic carbocycles. The van der Waals surface area contributed by atoms with E-state index in [1.807, 2.05) is 0 Å². The predicted octanol–water partition coefficient (Wildman–Crippen LogP) is 2.35. The normalized spacial score (nSPS) is 14.1. The molecule has 1 aromatic heterocycles. The minimum absolute atomic E-state index is 0.0766. The van der Waals surface area contributed by atoms with Gasteiger partial charge in [0.25, 0.3) is 11.5 Å². The molecule has 0 radical (unpaired) electrons. The number of benzene rings is 1. The number of amides is 1. The van der Waals surface area contributed by atoms with Gasteiger partial charge < -0.3 is 14.8 Å². The number of rotatable bonds is 7. The highest BCUT2D eigenvalue weighted by molar-refractivity contribution is 5.94. The summed E-state index contributed by atoms with van der Waals surface area (Å²) in [6.45, 7) is 0.702. The number of hydrogen-bond acceptors (Lipinski definition) is 5. The Morgan fingerprint density at radius 2 is 1.93 bits per heavy atom. The van der Waals surface area contributed by atoms with Gasteiger partial charge in [0.15, 0.2) is 11.5 Å². The molecule has 27 heavy (non-hydrogen) atoms. The highest BCUT2D eigenvalue weighted by Gasteiger charge is 2.19. The van der Waals surface area contributed by atoms with E-state index in [0.717, 1.165) is 18.5 Å². The lowest BCUT2D eigenvalue weighted by Crippen LogP contribution is -2.31. The molecule has 0 unspecified atom stereocenters. The molecule has 1 aromatic carbocycles. The van der Waals surface area contributed by atoms with Crippen LogP contribution in [0.4, 0.5) is 0 Å². The van der Waals surface area contributed by atoms with Crippen LogP contribution in [0.3, 0.4) is 0 Å². The van der Waals surface area contributed by atoms with E-state index in [9.17, 15) is 9.59 Å². The maximum Gasteiger partial charge on any atom is 0.253 e. The first-order chi connectivity index (χ1) is 13.1.